The summed E-state index contributed by atoms with van der Waals surface area (Å²) in [5.74, 6) is 1.49. The lowest BCUT2D eigenvalue weighted by atomic mass is 10.1. The van der Waals surface area contributed by atoms with Gasteiger partial charge in [0.15, 0.2) is 0 Å². The molecule has 0 spiro atoms. The van der Waals surface area contributed by atoms with E-state index in [0.29, 0.717) is 12.4 Å². The van der Waals surface area contributed by atoms with Crippen LogP contribution in [-0.4, -0.2) is 17.1 Å². The standard InChI is InChI=1S/C13H15N3O/c1-9-8-15-12(7-14)16-13(9)10-3-5-11(17-2)6-4-10/h3-6,8H,7,14H2,1-2H3. The largest absolute Gasteiger partial charge is 0.497 e. The molecule has 4 nitrogen and oxygen atoms in total. The highest BCUT2D eigenvalue weighted by molar-refractivity contribution is 5.63. The van der Waals surface area contributed by atoms with E-state index in [1.54, 1.807) is 13.3 Å². The molecule has 0 saturated heterocycles. The van der Waals surface area contributed by atoms with Crippen molar-refractivity contribution in [1.29, 1.82) is 0 Å². The van der Waals surface area contributed by atoms with Gasteiger partial charge in [0.1, 0.15) is 11.6 Å². The summed E-state index contributed by atoms with van der Waals surface area (Å²) in [4.78, 5) is 8.60. The predicted molar refractivity (Wildman–Crippen MR) is 66.6 cm³/mol. The summed E-state index contributed by atoms with van der Waals surface area (Å²) in [7, 11) is 1.65. The van der Waals surface area contributed by atoms with E-state index in [1.807, 2.05) is 31.2 Å². The molecule has 1 heterocycles. The maximum Gasteiger partial charge on any atom is 0.142 e. The van der Waals surface area contributed by atoms with Crippen LogP contribution < -0.4 is 10.5 Å². The molecule has 2 rings (SSSR count). The van der Waals surface area contributed by atoms with Gasteiger partial charge >= 0.3 is 0 Å². The Hall–Kier alpha value is -1.94. The number of hydrogen-bond acceptors (Lipinski definition) is 4. The third-order valence-corrected chi connectivity index (χ3v) is 2.57. The molecule has 88 valence electrons. The van der Waals surface area contributed by atoms with Crippen LogP contribution in [-0.2, 0) is 6.54 Å². The van der Waals surface area contributed by atoms with Gasteiger partial charge in [0.2, 0.25) is 0 Å². The van der Waals surface area contributed by atoms with Gasteiger partial charge in [-0.3, -0.25) is 0 Å². The zero-order chi connectivity index (χ0) is 12.3. The van der Waals surface area contributed by atoms with Crippen molar-refractivity contribution >= 4 is 0 Å². The van der Waals surface area contributed by atoms with E-state index in [4.69, 9.17) is 10.5 Å². The van der Waals surface area contributed by atoms with Crippen molar-refractivity contribution in [3.8, 4) is 17.0 Å². The van der Waals surface area contributed by atoms with E-state index < -0.39 is 0 Å². The van der Waals surface area contributed by atoms with Crippen LogP contribution in [0, 0.1) is 6.92 Å². The SMILES string of the molecule is COc1ccc(-c2nc(CN)ncc2C)cc1. The molecule has 2 aromatic rings. The number of aryl methyl sites for hydroxylation is 1. The number of nitrogens with two attached hydrogens (primary N) is 1. The van der Waals surface area contributed by atoms with Gasteiger partial charge in [-0.15, -0.1) is 0 Å². The zero-order valence-corrected chi connectivity index (χ0v) is 9.97. The molecule has 2 N–H and O–H groups in total. The number of ether oxygens (including phenoxy) is 1. The van der Waals surface area contributed by atoms with Gasteiger partial charge in [-0.25, -0.2) is 9.97 Å². The first-order valence-corrected chi connectivity index (χ1v) is 5.41. The number of aromatic nitrogens is 2. The maximum absolute atomic E-state index is 5.55. The zero-order valence-electron chi connectivity index (χ0n) is 9.97. The van der Waals surface area contributed by atoms with Crippen molar-refractivity contribution in [1.82, 2.24) is 9.97 Å². The Labute approximate surface area is 100 Å². The van der Waals surface area contributed by atoms with Crippen LogP contribution in [0.15, 0.2) is 30.5 Å². The first kappa shape index (κ1) is 11.5. The van der Waals surface area contributed by atoms with E-state index in [2.05, 4.69) is 9.97 Å². The maximum atomic E-state index is 5.55. The molecular formula is C13H15N3O. The monoisotopic (exact) mass is 229 g/mol. The average Bonchev–Trinajstić information content (AvgIpc) is 2.39. The normalized spacial score (nSPS) is 10.3. The van der Waals surface area contributed by atoms with Crippen molar-refractivity contribution in [2.45, 2.75) is 13.5 Å². The number of methoxy groups -OCH3 is 1. The topological polar surface area (TPSA) is 61.0 Å². The van der Waals surface area contributed by atoms with E-state index in [9.17, 15) is 0 Å². The highest BCUT2D eigenvalue weighted by atomic mass is 16.5. The highest BCUT2D eigenvalue weighted by Gasteiger charge is 2.05. The quantitative estimate of drug-likeness (QED) is 0.873. The number of rotatable bonds is 3. The fourth-order valence-electron chi connectivity index (χ4n) is 1.62. The summed E-state index contributed by atoms with van der Waals surface area (Å²) in [6.07, 6.45) is 1.80. The van der Waals surface area contributed by atoms with Crippen LogP contribution in [0.5, 0.6) is 5.75 Å². The molecule has 0 unspecified atom stereocenters. The van der Waals surface area contributed by atoms with Crippen molar-refractivity contribution in [3.05, 3.63) is 41.9 Å². The summed E-state index contributed by atoms with van der Waals surface area (Å²) in [5, 5.41) is 0. The van der Waals surface area contributed by atoms with Gasteiger partial charge < -0.3 is 10.5 Å². The average molecular weight is 229 g/mol. The van der Waals surface area contributed by atoms with Gasteiger partial charge in [-0.1, -0.05) is 0 Å². The van der Waals surface area contributed by atoms with Crippen molar-refractivity contribution in [3.63, 3.8) is 0 Å². The Morgan fingerprint density at radius 1 is 1.24 bits per heavy atom. The minimum Gasteiger partial charge on any atom is -0.497 e. The Bertz CT molecular complexity index is 509. The molecule has 1 aromatic carbocycles. The Balaban J connectivity index is 2.43. The first-order chi connectivity index (χ1) is 8.24. The molecule has 0 radical (unpaired) electrons. The molecule has 0 aliphatic heterocycles. The summed E-state index contributed by atoms with van der Waals surface area (Å²) in [6.45, 7) is 2.34. The second-order valence-electron chi connectivity index (χ2n) is 3.75. The second-order valence-corrected chi connectivity index (χ2v) is 3.75. The fraction of sp³-hybridized carbons (Fsp3) is 0.231. The van der Waals surface area contributed by atoms with Gasteiger partial charge in [0.05, 0.1) is 19.3 Å². The van der Waals surface area contributed by atoms with Crippen LogP contribution in [0.2, 0.25) is 0 Å². The number of benzene rings is 1. The molecule has 0 fully saturated rings. The Morgan fingerprint density at radius 3 is 2.53 bits per heavy atom. The molecule has 4 heteroatoms. The third-order valence-electron chi connectivity index (χ3n) is 2.57. The molecule has 0 saturated carbocycles. The lowest BCUT2D eigenvalue weighted by Gasteiger charge is -2.07. The highest BCUT2D eigenvalue weighted by Crippen LogP contribution is 2.23. The minimum atomic E-state index is 0.351. The lowest BCUT2D eigenvalue weighted by Crippen LogP contribution is -2.04. The number of hydrogen-bond donors (Lipinski definition) is 1. The van der Waals surface area contributed by atoms with E-state index in [1.165, 1.54) is 0 Å². The van der Waals surface area contributed by atoms with Crippen molar-refractivity contribution in [2.75, 3.05) is 7.11 Å². The third kappa shape index (κ3) is 2.42. The molecule has 0 bridgehead atoms. The lowest BCUT2D eigenvalue weighted by molar-refractivity contribution is 0.415. The van der Waals surface area contributed by atoms with Crippen molar-refractivity contribution < 1.29 is 4.74 Å². The molecular weight excluding hydrogens is 214 g/mol. The van der Waals surface area contributed by atoms with Gasteiger partial charge in [0, 0.05) is 11.8 Å². The Kier molecular flexibility index (Phi) is 3.35. The van der Waals surface area contributed by atoms with Gasteiger partial charge in [0.25, 0.3) is 0 Å². The summed E-state index contributed by atoms with van der Waals surface area (Å²) < 4.78 is 5.13. The summed E-state index contributed by atoms with van der Waals surface area (Å²) >= 11 is 0. The smallest absolute Gasteiger partial charge is 0.142 e. The molecule has 0 aliphatic rings. The van der Waals surface area contributed by atoms with Gasteiger partial charge in [-0.05, 0) is 36.8 Å². The molecule has 0 amide bonds. The molecule has 1 aromatic heterocycles. The van der Waals surface area contributed by atoms with Crippen LogP contribution in [0.25, 0.3) is 11.3 Å². The Morgan fingerprint density at radius 2 is 1.94 bits per heavy atom. The fourth-order valence-corrected chi connectivity index (χ4v) is 1.62. The van der Waals surface area contributed by atoms with E-state index >= 15 is 0 Å². The van der Waals surface area contributed by atoms with Gasteiger partial charge in [-0.2, -0.15) is 0 Å². The van der Waals surface area contributed by atoms with Crippen LogP contribution in [0.3, 0.4) is 0 Å². The first-order valence-electron chi connectivity index (χ1n) is 5.41. The molecule has 0 aliphatic carbocycles. The molecule has 0 atom stereocenters. The molecule has 17 heavy (non-hydrogen) atoms. The van der Waals surface area contributed by atoms with E-state index in [0.717, 1.165) is 22.6 Å². The second kappa shape index (κ2) is 4.93. The van der Waals surface area contributed by atoms with Crippen LogP contribution >= 0.6 is 0 Å². The van der Waals surface area contributed by atoms with Crippen molar-refractivity contribution in [2.24, 2.45) is 5.73 Å². The van der Waals surface area contributed by atoms with Crippen LogP contribution in [0.1, 0.15) is 11.4 Å². The van der Waals surface area contributed by atoms with E-state index in [-0.39, 0.29) is 0 Å². The van der Waals surface area contributed by atoms with Crippen LogP contribution in [0.4, 0.5) is 0 Å². The predicted octanol–water partition coefficient (Wildman–Crippen LogP) is 1.92. The summed E-state index contributed by atoms with van der Waals surface area (Å²) in [6, 6.07) is 7.79. The minimum absolute atomic E-state index is 0.351. The number of nitrogens with zero attached hydrogens (tertiary/aromatic N) is 2. The summed E-state index contributed by atoms with van der Waals surface area (Å²) in [5.41, 5.74) is 8.54.